The standard InChI is InChI=1S/C15H18BrNO/c16-10-15(7-3-8-15)11-17-9-6-12-4-1-2-5-13(12)14(17)18/h1-2,4-5H,3,6-11H2. The number of carbonyl (C=O) groups is 1. The van der Waals surface area contributed by atoms with Crippen molar-refractivity contribution in [2.45, 2.75) is 25.7 Å². The van der Waals surface area contributed by atoms with E-state index in [2.05, 4.69) is 26.9 Å². The van der Waals surface area contributed by atoms with Gasteiger partial charge in [-0.05, 0) is 36.3 Å². The molecule has 1 amide bonds. The molecule has 18 heavy (non-hydrogen) atoms. The van der Waals surface area contributed by atoms with Crippen LogP contribution in [0.4, 0.5) is 0 Å². The van der Waals surface area contributed by atoms with Crippen molar-refractivity contribution in [2.24, 2.45) is 5.41 Å². The molecule has 1 heterocycles. The fourth-order valence-electron chi connectivity index (χ4n) is 3.04. The molecule has 1 aliphatic heterocycles. The van der Waals surface area contributed by atoms with E-state index in [1.807, 2.05) is 18.2 Å². The van der Waals surface area contributed by atoms with Gasteiger partial charge in [-0.3, -0.25) is 4.79 Å². The molecule has 0 spiro atoms. The normalized spacial score (nSPS) is 21.4. The maximum absolute atomic E-state index is 12.5. The highest BCUT2D eigenvalue weighted by molar-refractivity contribution is 9.09. The molecule has 0 N–H and O–H groups in total. The maximum Gasteiger partial charge on any atom is 0.254 e. The minimum atomic E-state index is 0.226. The van der Waals surface area contributed by atoms with Gasteiger partial charge >= 0.3 is 0 Å². The van der Waals surface area contributed by atoms with E-state index in [9.17, 15) is 4.79 Å². The average molecular weight is 308 g/mol. The quantitative estimate of drug-likeness (QED) is 0.785. The molecule has 0 aromatic heterocycles. The zero-order valence-corrected chi connectivity index (χ0v) is 12.1. The van der Waals surface area contributed by atoms with Crippen LogP contribution in [0, 0.1) is 5.41 Å². The summed E-state index contributed by atoms with van der Waals surface area (Å²) in [5, 5.41) is 1.02. The van der Waals surface area contributed by atoms with Gasteiger partial charge in [-0.2, -0.15) is 0 Å². The average Bonchev–Trinajstić information content (AvgIpc) is 2.37. The molecular weight excluding hydrogens is 290 g/mol. The summed E-state index contributed by atoms with van der Waals surface area (Å²) < 4.78 is 0. The van der Waals surface area contributed by atoms with Gasteiger partial charge in [0.05, 0.1) is 0 Å². The Kier molecular flexibility index (Phi) is 3.18. The summed E-state index contributed by atoms with van der Waals surface area (Å²) in [5.74, 6) is 0.226. The van der Waals surface area contributed by atoms with Crippen LogP contribution in [0.25, 0.3) is 0 Å². The van der Waals surface area contributed by atoms with Crippen LogP contribution in [0.3, 0.4) is 0 Å². The lowest BCUT2D eigenvalue weighted by Crippen LogP contribution is -2.48. The monoisotopic (exact) mass is 307 g/mol. The Balaban J connectivity index is 1.78. The van der Waals surface area contributed by atoms with E-state index in [1.54, 1.807) is 0 Å². The minimum Gasteiger partial charge on any atom is -0.338 e. The van der Waals surface area contributed by atoms with Crippen molar-refractivity contribution in [3.05, 3.63) is 35.4 Å². The molecule has 3 rings (SSSR count). The van der Waals surface area contributed by atoms with Crippen LogP contribution < -0.4 is 0 Å². The second-order valence-corrected chi connectivity index (χ2v) is 6.18. The van der Waals surface area contributed by atoms with Gasteiger partial charge in [0.1, 0.15) is 0 Å². The van der Waals surface area contributed by atoms with Crippen LogP contribution in [0.1, 0.15) is 35.2 Å². The topological polar surface area (TPSA) is 20.3 Å². The zero-order chi connectivity index (χ0) is 12.6. The van der Waals surface area contributed by atoms with Crippen molar-refractivity contribution in [1.82, 2.24) is 4.90 Å². The first kappa shape index (κ1) is 12.2. The van der Waals surface area contributed by atoms with Crippen molar-refractivity contribution >= 4 is 21.8 Å². The van der Waals surface area contributed by atoms with Gasteiger partial charge in [0.15, 0.2) is 0 Å². The molecule has 1 aromatic carbocycles. The van der Waals surface area contributed by atoms with E-state index in [0.717, 1.165) is 30.4 Å². The first-order chi connectivity index (χ1) is 8.74. The Morgan fingerprint density at radius 3 is 2.72 bits per heavy atom. The predicted molar refractivity (Wildman–Crippen MR) is 76.1 cm³/mol. The van der Waals surface area contributed by atoms with Gasteiger partial charge < -0.3 is 4.90 Å². The minimum absolute atomic E-state index is 0.226. The molecule has 96 valence electrons. The van der Waals surface area contributed by atoms with Crippen LogP contribution in [0.2, 0.25) is 0 Å². The Bertz CT molecular complexity index is 462. The SMILES string of the molecule is O=C1c2ccccc2CCN1CC1(CBr)CCC1. The third kappa shape index (κ3) is 1.99. The third-order valence-corrected chi connectivity index (χ3v) is 5.60. The highest BCUT2D eigenvalue weighted by atomic mass is 79.9. The number of hydrogen-bond acceptors (Lipinski definition) is 1. The van der Waals surface area contributed by atoms with E-state index < -0.39 is 0 Å². The lowest BCUT2D eigenvalue weighted by atomic mass is 9.70. The van der Waals surface area contributed by atoms with Crippen molar-refractivity contribution in [3.63, 3.8) is 0 Å². The lowest BCUT2D eigenvalue weighted by Gasteiger charge is -2.45. The number of nitrogens with zero attached hydrogens (tertiary/aromatic N) is 1. The summed E-state index contributed by atoms with van der Waals surface area (Å²) in [5.41, 5.74) is 2.47. The number of carbonyl (C=O) groups excluding carboxylic acids is 1. The second-order valence-electron chi connectivity index (χ2n) is 5.62. The van der Waals surface area contributed by atoms with Crippen LogP contribution in [-0.4, -0.2) is 29.2 Å². The summed E-state index contributed by atoms with van der Waals surface area (Å²) in [6, 6.07) is 8.02. The number of amides is 1. The summed E-state index contributed by atoms with van der Waals surface area (Å²) in [6.45, 7) is 1.80. The van der Waals surface area contributed by atoms with Gasteiger partial charge in [0.2, 0.25) is 0 Å². The fourth-order valence-corrected chi connectivity index (χ4v) is 3.78. The maximum atomic E-state index is 12.5. The number of fused-ring (bicyclic) bond motifs is 1. The number of halogens is 1. The lowest BCUT2D eigenvalue weighted by molar-refractivity contribution is 0.0531. The molecule has 0 saturated heterocycles. The summed E-state index contributed by atoms with van der Waals surface area (Å²) >= 11 is 3.62. The molecule has 0 bridgehead atoms. The molecule has 1 saturated carbocycles. The Morgan fingerprint density at radius 1 is 1.28 bits per heavy atom. The fraction of sp³-hybridized carbons (Fsp3) is 0.533. The molecule has 0 atom stereocenters. The first-order valence-corrected chi connectivity index (χ1v) is 7.79. The number of benzene rings is 1. The van der Waals surface area contributed by atoms with Crippen molar-refractivity contribution < 1.29 is 4.79 Å². The largest absolute Gasteiger partial charge is 0.338 e. The van der Waals surface area contributed by atoms with Crippen molar-refractivity contribution in [3.8, 4) is 0 Å². The summed E-state index contributed by atoms with van der Waals surface area (Å²) in [4.78, 5) is 14.5. The van der Waals surface area contributed by atoms with E-state index in [0.29, 0.717) is 5.41 Å². The first-order valence-electron chi connectivity index (χ1n) is 6.67. The zero-order valence-electron chi connectivity index (χ0n) is 10.5. The number of hydrogen-bond donors (Lipinski definition) is 0. The molecule has 1 aromatic rings. The summed E-state index contributed by atoms with van der Waals surface area (Å²) in [7, 11) is 0. The Hall–Kier alpha value is -0.830. The van der Waals surface area contributed by atoms with Crippen LogP contribution in [-0.2, 0) is 6.42 Å². The molecular formula is C15H18BrNO. The van der Waals surface area contributed by atoms with E-state index in [4.69, 9.17) is 0 Å². The highest BCUT2D eigenvalue weighted by Crippen LogP contribution is 2.43. The Labute approximate surface area is 116 Å². The molecule has 2 aliphatic rings. The molecule has 1 fully saturated rings. The van der Waals surface area contributed by atoms with Gasteiger partial charge in [0, 0.05) is 24.0 Å². The molecule has 3 heteroatoms. The van der Waals surface area contributed by atoms with Gasteiger partial charge in [-0.1, -0.05) is 40.5 Å². The van der Waals surface area contributed by atoms with Crippen LogP contribution >= 0.6 is 15.9 Å². The van der Waals surface area contributed by atoms with Gasteiger partial charge in [-0.25, -0.2) is 0 Å². The highest BCUT2D eigenvalue weighted by Gasteiger charge is 2.39. The van der Waals surface area contributed by atoms with Crippen molar-refractivity contribution in [2.75, 3.05) is 18.4 Å². The molecule has 1 aliphatic carbocycles. The second kappa shape index (κ2) is 4.69. The van der Waals surface area contributed by atoms with Crippen LogP contribution in [0.5, 0.6) is 0 Å². The summed E-state index contributed by atoms with van der Waals surface area (Å²) in [6.07, 6.45) is 4.82. The number of rotatable bonds is 3. The van der Waals surface area contributed by atoms with E-state index in [1.165, 1.54) is 24.8 Å². The van der Waals surface area contributed by atoms with E-state index in [-0.39, 0.29) is 5.91 Å². The molecule has 0 radical (unpaired) electrons. The third-order valence-electron chi connectivity index (χ3n) is 4.41. The Morgan fingerprint density at radius 2 is 2.06 bits per heavy atom. The van der Waals surface area contributed by atoms with Gasteiger partial charge in [-0.15, -0.1) is 0 Å². The van der Waals surface area contributed by atoms with Crippen LogP contribution in [0.15, 0.2) is 24.3 Å². The van der Waals surface area contributed by atoms with Gasteiger partial charge in [0.25, 0.3) is 5.91 Å². The molecule has 2 nitrogen and oxygen atoms in total. The smallest absolute Gasteiger partial charge is 0.254 e. The van der Waals surface area contributed by atoms with Crippen molar-refractivity contribution in [1.29, 1.82) is 0 Å². The molecule has 0 unspecified atom stereocenters. The number of alkyl halides is 1. The predicted octanol–water partition coefficient (Wildman–Crippen LogP) is 3.25. The van der Waals surface area contributed by atoms with E-state index >= 15 is 0 Å².